The van der Waals surface area contributed by atoms with E-state index >= 15 is 0 Å². The van der Waals surface area contributed by atoms with Gasteiger partial charge in [0.05, 0.1) is 24.0 Å². The minimum atomic E-state index is -1.05. The van der Waals surface area contributed by atoms with Crippen LogP contribution in [0.2, 0.25) is 0 Å². The molecular formula is C27H27ClO3. The van der Waals surface area contributed by atoms with Crippen LogP contribution in [0, 0.1) is 34.5 Å². The molecule has 1 aromatic rings. The van der Waals surface area contributed by atoms with E-state index in [9.17, 15) is 5.11 Å². The van der Waals surface area contributed by atoms with Crippen LogP contribution in [0.5, 0.6) is 0 Å². The molecule has 2 fully saturated rings. The van der Waals surface area contributed by atoms with Gasteiger partial charge in [-0.3, -0.25) is 0 Å². The summed E-state index contributed by atoms with van der Waals surface area (Å²) >= 11 is 6.59. The molecule has 3 aliphatic carbocycles. The number of hydrogen-bond acceptors (Lipinski definition) is 3. The van der Waals surface area contributed by atoms with Crippen molar-refractivity contribution in [1.29, 1.82) is 0 Å². The van der Waals surface area contributed by atoms with Gasteiger partial charge in [-0.25, -0.2) is 0 Å². The fourth-order valence-corrected chi connectivity index (χ4v) is 5.49. The molecule has 0 radical (unpaired) electrons. The maximum atomic E-state index is 9.93. The van der Waals surface area contributed by atoms with Crippen molar-refractivity contribution in [3.05, 3.63) is 58.1 Å². The van der Waals surface area contributed by atoms with Gasteiger partial charge in [0, 0.05) is 34.6 Å². The zero-order chi connectivity index (χ0) is 21.7. The Hall–Kier alpha value is -2.01. The second kappa shape index (κ2) is 7.26. The van der Waals surface area contributed by atoms with Gasteiger partial charge in [-0.15, -0.1) is 0 Å². The van der Waals surface area contributed by atoms with Crippen molar-refractivity contribution in [2.45, 2.75) is 57.3 Å². The molecule has 0 bridgehead atoms. The molecule has 160 valence electrons. The van der Waals surface area contributed by atoms with Crippen LogP contribution in [0.15, 0.2) is 47.0 Å². The van der Waals surface area contributed by atoms with Gasteiger partial charge < -0.3 is 14.6 Å². The first-order valence-corrected chi connectivity index (χ1v) is 11.4. The molecule has 4 heteroatoms. The van der Waals surface area contributed by atoms with Gasteiger partial charge in [-0.1, -0.05) is 66.0 Å². The van der Waals surface area contributed by atoms with Crippen molar-refractivity contribution in [2.75, 3.05) is 13.2 Å². The Kier molecular flexibility index (Phi) is 4.89. The number of benzene rings is 1. The third kappa shape index (κ3) is 3.36. The first-order chi connectivity index (χ1) is 14.8. The van der Waals surface area contributed by atoms with Crippen molar-refractivity contribution in [1.82, 2.24) is 0 Å². The standard InChI is InChI=1S/C27H27ClO3/c1-24(2,29)15-12-21-9-5-4-8-20(21)10-11-22-16-26-19-31-27(13-6-3-7-14-27)30-18-25(22,26)17-23(26)28/h4-5,8-9,16-17,29H,3,6-7,13-14,18-19H2,1-2H3/t25-,26-/m0/s1. The van der Waals surface area contributed by atoms with Crippen molar-refractivity contribution >= 4 is 11.6 Å². The molecule has 1 spiro atoms. The van der Waals surface area contributed by atoms with Crippen LogP contribution >= 0.6 is 11.6 Å². The maximum Gasteiger partial charge on any atom is 0.168 e. The van der Waals surface area contributed by atoms with Gasteiger partial charge in [-0.05, 0) is 38.8 Å². The van der Waals surface area contributed by atoms with E-state index in [1.165, 1.54) is 6.42 Å². The van der Waals surface area contributed by atoms with Gasteiger partial charge in [0.1, 0.15) is 5.60 Å². The van der Waals surface area contributed by atoms with E-state index in [2.05, 4.69) is 35.8 Å². The summed E-state index contributed by atoms with van der Waals surface area (Å²) in [6.45, 7) is 4.46. The summed E-state index contributed by atoms with van der Waals surface area (Å²) in [5, 5.41) is 10.8. The van der Waals surface area contributed by atoms with E-state index in [1.54, 1.807) is 13.8 Å². The summed E-state index contributed by atoms with van der Waals surface area (Å²) in [7, 11) is 0. The van der Waals surface area contributed by atoms with E-state index in [4.69, 9.17) is 21.1 Å². The van der Waals surface area contributed by atoms with Crippen molar-refractivity contribution in [3.8, 4) is 23.7 Å². The number of rotatable bonds is 0. The molecule has 0 amide bonds. The molecule has 31 heavy (non-hydrogen) atoms. The lowest BCUT2D eigenvalue weighted by atomic mass is 9.44. The van der Waals surface area contributed by atoms with Gasteiger partial charge >= 0.3 is 0 Å². The summed E-state index contributed by atoms with van der Waals surface area (Å²) in [5.41, 5.74) is 1.07. The number of halogens is 1. The van der Waals surface area contributed by atoms with Gasteiger partial charge in [0.15, 0.2) is 5.79 Å². The summed E-state index contributed by atoms with van der Waals surface area (Å²) < 4.78 is 12.8. The summed E-state index contributed by atoms with van der Waals surface area (Å²) in [6.07, 6.45) is 9.69. The normalized spacial score (nSPS) is 30.5. The first-order valence-electron chi connectivity index (χ1n) is 11.0. The zero-order valence-electron chi connectivity index (χ0n) is 18.1. The minimum absolute atomic E-state index is 0.286. The van der Waals surface area contributed by atoms with Crippen molar-refractivity contribution in [2.24, 2.45) is 10.8 Å². The fourth-order valence-electron chi connectivity index (χ4n) is 5.03. The number of ether oxygens (including phenoxy) is 2. The quantitative estimate of drug-likeness (QED) is 0.589. The average molecular weight is 435 g/mol. The minimum Gasteiger partial charge on any atom is -0.378 e. The van der Waals surface area contributed by atoms with Gasteiger partial charge in [0.25, 0.3) is 0 Å². The van der Waals surface area contributed by atoms with Crippen LogP contribution < -0.4 is 0 Å². The molecule has 4 aliphatic rings. The van der Waals surface area contributed by atoms with E-state index < -0.39 is 11.4 Å². The zero-order valence-corrected chi connectivity index (χ0v) is 18.8. The molecule has 3 nitrogen and oxygen atoms in total. The second-order valence-electron chi connectivity index (χ2n) is 9.65. The number of aliphatic hydroxyl groups is 1. The smallest absolute Gasteiger partial charge is 0.168 e. The van der Waals surface area contributed by atoms with Crippen LogP contribution in [-0.2, 0) is 9.47 Å². The summed E-state index contributed by atoms with van der Waals surface area (Å²) in [4.78, 5) is 0. The Labute approximate surface area is 189 Å². The highest BCUT2D eigenvalue weighted by atomic mass is 35.5. The average Bonchev–Trinajstić information content (AvgIpc) is 2.79. The van der Waals surface area contributed by atoms with Crippen LogP contribution in [0.4, 0.5) is 0 Å². The third-order valence-corrected chi connectivity index (χ3v) is 7.42. The molecule has 1 saturated heterocycles. The highest BCUT2D eigenvalue weighted by Gasteiger charge is 2.68. The van der Waals surface area contributed by atoms with E-state index in [1.807, 2.05) is 24.3 Å². The molecule has 5 rings (SSSR count). The van der Waals surface area contributed by atoms with Gasteiger partial charge in [-0.2, -0.15) is 0 Å². The highest BCUT2D eigenvalue weighted by molar-refractivity contribution is 6.32. The predicted molar refractivity (Wildman–Crippen MR) is 121 cm³/mol. The van der Waals surface area contributed by atoms with Crippen LogP contribution in [0.1, 0.15) is 57.1 Å². The monoisotopic (exact) mass is 434 g/mol. The van der Waals surface area contributed by atoms with Crippen LogP contribution in [0.3, 0.4) is 0 Å². The molecule has 1 N–H and O–H groups in total. The molecule has 0 aromatic heterocycles. The van der Waals surface area contributed by atoms with Gasteiger partial charge in [0.2, 0.25) is 0 Å². The SMILES string of the molecule is CC(C)(O)C#Cc1ccccc1C#CC1=C[C@@]23COC4(CCCCC4)OC[C@@]12C=C3Cl. The first kappa shape index (κ1) is 20.9. The Morgan fingerprint density at radius 3 is 2.19 bits per heavy atom. The maximum absolute atomic E-state index is 9.93. The fraction of sp³-hybridized carbons (Fsp3) is 0.481. The Bertz CT molecular complexity index is 1100. The summed E-state index contributed by atoms with van der Waals surface area (Å²) in [6, 6.07) is 7.77. The predicted octanol–water partition coefficient (Wildman–Crippen LogP) is 4.92. The molecular weight excluding hydrogens is 408 g/mol. The molecule has 1 aliphatic heterocycles. The largest absolute Gasteiger partial charge is 0.378 e. The van der Waals surface area contributed by atoms with Crippen molar-refractivity contribution in [3.63, 3.8) is 0 Å². The Morgan fingerprint density at radius 1 is 0.903 bits per heavy atom. The lowest BCUT2D eigenvalue weighted by molar-refractivity contribution is -0.244. The third-order valence-electron chi connectivity index (χ3n) is 6.97. The van der Waals surface area contributed by atoms with E-state index in [0.29, 0.717) is 13.2 Å². The van der Waals surface area contributed by atoms with Crippen LogP contribution in [-0.4, -0.2) is 29.7 Å². The molecule has 0 unspecified atom stereocenters. The van der Waals surface area contributed by atoms with E-state index in [0.717, 1.165) is 47.4 Å². The highest BCUT2D eigenvalue weighted by Crippen LogP contribution is 2.70. The summed E-state index contributed by atoms with van der Waals surface area (Å²) in [5.74, 6) is 12.1. The molecule has 1 saturated carbocycles. The van der Waals surface area contributed by atoms with Crippen LogP contribution in [0.25, 0.3) is 0 Å². The lowest BCUT2D eigenvalue weighted by Crippen LogP contribution is -2.59. The van der Waals surface area contributed by atoms with E-state index in [-0.39, 0.29) is 10.8 Å². The molecule has 1 aromatic carbocycles. The molecule has 1 heterocycles. The van der Waals surface area contributed by atoms with Crippen molar-refractivity contribution < 1.29 is 14.6 Å². The number of hydrogen-bond donors (Lipinski definition) is 1. The Balaban J connectivity index is 1.43. The lowest BCUT2D eigenvalue weighted by Gasteiger charge is -2.59. The molecule has 2 atom stereocenters. The topological polar surface area (TPSA) is 38.7 Å². The Morgan fingerprint density at radius 2 is 1.55 bits per heavy atom. The second-order valence-corrected chi connectivity index (χ2v) is 10.1.